The van der Waals surface area contributed by atoms with Crippen LogP contribution in [0, 0.1) is 0 Å². The Bertz CT molecular complexity index is 1970. The van der Waals surface area contributed by atoms with E-state index in [4.69, 9.17) is 16.2 Å². The topological polar surface area (TPSA) is 127 Å². The molecule has 0 bridgehead atoms. The fourth-order valence-corrected chi connectivity index (χ4v) is 6.75. The standard InChI is InChI=1S/C37H39ClN4O3.CH4O3S/c1-39(2)20-7-21-42-32-10-5-3-8-30(32)35(34(26-12-16-28(43)17-13-26)27-14-18-29(44)19-15-27)36(42)37(45)41-24-22-40(23-25-41)33-11-6-4-9-31(33)38;1-5(2,3)4/h3-6,8-19,34,43-44H,7,20-25H2,1-2H3;1H3,(H,2,3,4). The Balaban J connectivity index is 0.000000908. The number of rotatable bonds is 9. The lowest BCUT2D eigenvalue weighted by Crippen LogP contribution is -2.49. The molecule has 1 aliphatic heterocycles. The molecule has 5 aromatic rings. The number of aromatic hydroxyl groups is 2. The predicted molar refractivity (Wildman–Crippen MR) is 199 cm³/mol. The average Bonchev–Trinajstić information content (AvgIpc) is 3.39. The molecule has 0 unspecified atom stereocenters. The number of phenols is 2. The Kier molecular flexibility index (Phi) is 11.7. The molecule has 50 heavy (non-hydrogen) atoms. The van der Waals surface area contributed by atoms with Crippen molar-refractivity contribution < 1.29 is 28.0 Å². The van der Waals surface area contributed by atoms with Crippen molar-refractivity contribution in [1.82, 2.24) is 14.4 Å². The summed E-state index contributed by atoms with van der Waals surface area (Å²) in [5.74, 6) is 0.0611. The summed E-state index contributed by atoms with van der Waals surface area (Å²) < 4.78 is 28.1. The van der Waals surface area contributed by atoms with E-state index >= 15 is 0 Å². The van der Waals surface area contributed by atoms with Crippen molar-refractivity contribution in [2.45, 2.75) is 18.9 Å². The lowest BCUT2D eigenvalue weighted by Gasteiger charge is -2.37. The van der Waals surface area contributed by atoms with Gasteiger partial charge in [0.05, 0.1) is 17.0 Å². The molecule has 1 saturated heterocycles. The first-order valence-corrected chi connectivity index (χ1v) is 18.6. The number of aryl methyl sites for hydroxylation is 1. The van der Waals surface area contributed by atoms with Gasteiger partial charge in [0.15, 0.2) is 0 Å². The van der Waals surface area contributed by atoms with E-state index in [0.29, 0.717) is 49.7 Å². The fraction of sp³-hybridized carbons (Fsp3) is 0.289. The summed E-state index contributed by atoms with van der Waals surface area (Å²) in [6.45, 7) is 4.11. The quantitative estimate of drug-likeness (QED) is 0.152. The molecule has 0 spiro atoms. The lowest BCUT2D eigenvalue weighted by atomic mass is 9.83. The van der Waals surface area contributed by atoms with Gasteiger partial charge in [-0.25, -0.2) is 0 Å². The van der Waals surface area contributed by atoms with Crippen LogP contribution in [0.4, 0.5) is 5.69 Å². The number of benzene rings is 4. The van der Waals surface area contributed by atoms with Crippen molar-refractivity contribution in [2.24, 2.45) is 0 Å². The van der Waals surface area contributed by atoms with Crippen LogP contribution in [0.25, 0.3) is 10.9 Å². The minimum atomic E-state index is -3.67. The highest BCUT2D eigenvalue weighted by Crippen LogP contribution is 2.42. The lowest BCUT2D eigenvalue weighted by molar-refractivity contribution is 0.0734. The van der Waals surface area contributed by atoms with E-state index in [1.807, 2.05) is 65.6 Å². The molecule has 0 aliphatic carbocycles. The second-order valence-electron chi connectivity index (χ2n) is 12.7. The van der Waals surface area contributed by atoms with E-state index < -0.39 is 10.1 Å². The highest BCUT2D eigenvalue weighted by Gasteiger charge is 2.33. The normalized spacial score (nSPS) is 13.5. The number of aromatic nitrogens is 1. The Morgan fingerprint density at radius 2 is 1.34 bits per heavy atom. The molecule has 0 atom stereocenters. The number of para-hydroxylation sites is 2. The molecule has 6 rings (SSSR count). The molecular weight excluding hydrogens is 676 g/mol. The van der Waals surface area contributed by atoms with E-state index in [-0.39, 0.29) is 23.3 Å². The van der Waals surface area contributed by atoms with Crippen LogP contribution < -0.4 is 4.90 Å². The van der Waals surface area contributed by atoms with Crippen molar-refractivity contribution in [2.75, 3.05) is 58.0 Å². The first-order chi connectivity index (χ1) is 23.8. The van der Waals surface area contributed by atoms with Crippen LogP contribution in [0.1, 0.15) is 39.5 Å². The van der Waals surface area contributed by atoms with Gasteiger partial charge in [0.2, 0.25) is 0 Å². The molecule has 0 saturated carbocycles. The summed E-state index contributed by atoms with van der Waals surface area (Å²) in [5.41, 5.74) is 5.54. The third-order valence-electron chi connectivity index (χ3n) is 8.70. The van der Waals surface area contributed by atoms with Gasteiger partial charge in [-0.1, -0.05) is 66.2 Å². The molecule has 1 fully saturated rings. The zero-order chi connectivity index (χ0) is 36.0. The van der Waals surface area contributed by atoms with Crippen LogP contribution >= 0.6 is 11.6 Å². The van der Waals surface area contributed by atoms with Crippen molar-refractivity contribution >= 4 is 44.2 Å². The van der Waals surface area contributed by atoms with Crippen LogP contribution in [0.2, 0.25) is 5.02 Å². The number of halogens is 1. The van der Waals surface area contributed by atoms with Crippen LogP contribution in [0.15, 0.2) is 97.1 Å². The highest BCUT2D eigenvalue weighted by molar-refractivity contribution is 7.85. The van der Waals surface area contributed by atoms with Crippen molar-refractivity contribution in [3.05, 3.63) is 124 Å². The SMILES string of the molecule is CN(C)CCCn1c(C(=O)N2CCN(c3ccccc3Cl)CC2)c(C(c2ccc(O)cc2)c2ccc(O)cc2)c2ccccc21.CS(=O)(=O)O. The number of amides is 1. The molecule has 1 aliphatic rings. The largest absolute Gasteiger partial charge is 0.508 e. The minimum Gasteiger partial charge on any atom is -0.508 e. The van der Waals surface area contributed by atoms with E-state index in [2.05, 4.69) is 40.6 Å². The first-order valence-electron chi connectivity index (χ1n) is 16.4. The fourth-order valence-electron chi connectivity index (χ4n) is 6.50. The Morgan fingerprint density at radius 3 is 1.88 bits per heavy atom. The number of fused-ring (bicyclic) bond motifs is 1. The van der Waals surface area contributed by atoms with Gasteiger partial charge in [0.1, 0.15) is 17.2 Å². The molecule has 3 N–H and O–H groups in total. The van der Waals surface area contributed by atoms with Gasteiger partial charge in [-0.2, -0.15) is 8.42 Å². The van der Waals surface area contributed by atoms with Crippen LogP contribution in [0.3, 0.4) is 0 Å². The summed E-state index contributed by atoms with van der Waals surface area (Å²) in [6.07, 6.45) is 1.60. The third kappa shape index (κ3) is 8.97. The predicted octanol–water partition coefficient (Wildman–Crippen LogP) is 6.30. The maximum atomic E-state index is 14.9. The van der Waals surface area contributed by atoms with E-state index in [1.165, 1.54) is 0 Å². The molecule has 4 aromatic carbocycles. The summed E-state index contributed by atoms with van der Waals surface area (Å²) in [4.78, 5) is 21.2. The van der Waals surface area contributed by atoms with Crippen molar-refractivity contribution in [3.63, 3.8) is 0 Å². The third-order valence-corrected chi connectivity index (χ3v) is 9.02. The summed E-state index contributed by atoms with van der Waals surface area (Å²) >= 11 is 6.52. The number of anilines is 1. The molecule has 0 radical (unpaired) electrons. The van der Waals surface area contributed by atoms with Gasteiger partial charge < -0.3 is 29.5 Å². The summed E-state index contributed by atoms with van der Waals surface area (Å²) in [5, 5.41) is 22.0. The maximum absolute atomic E-state index is 14.9. The van der Waals surface area contributed by atoms with Crippen LogP contribution in [-0.4, -0.2) is 96.5 Å². The van der Waals surface area contributed by atoms with E-state index in [1.54, 1.807) is 24.3 Å². The Morgan fingerprint density at radius 1 is 0.820 bits per heavy atom. The number of hydrogen-bond acceptors (Lipinski definition) is 7. The number of nitrogens with zero attached hydrogens (tertiary/aromatic N) is 4. The van der Waals surface area contributed by atoms with Gasteiger partial charge in [0, 0.05) is 55.1 Å². The second kappa shape index (κ2) is 16.0. The smallest absolute Gasteiger partial charge is 0.270 e. The Labute approximate surface area is 298 Å². The van der Waals surface area contributed by atoms with Crippen LogP contribution in [-0.2, 0) is 16.7 Å². The van der Waals surface area contributed by atoms with Crippen LogP contribution in [0.5, 0.6) is 11.5 Å². The van der Waals surface area contributed by atoms with E-state index in [9.17, 15) is 23.4 Å². The summed E-state index contributed by atoms with van der Waals surface area (Å²) in [7, 11) is 0.463. The second-order valence-corrected chi connectivity index (χ2v) is 14.5. The number of hydrogen-bond donors (Lipinski definition) is 3. The Hall–Kier alpha value is -4.55. The molecule has 10 nitrogen and oxygen atoms in total. The number of piperazine rings is 1. The number of carbonyl (C=O) groups excluding carboxylic acids is 1. The molecular formula is C38H43ClN4O6S. The zero-order valence-corrected chi connectivity index (χ0v) is 30.0. The van der Waals surface area contributed by atoms with Gasteiger partial charge >= 0.3 is 0 Å². The molecule has 1 aromatic heterocycles. The van der Waals surface area contributed by atoms with Gasteiger partial charge in [-0.3, -0.25) is 9.35 Å². The van der Waals surface area contributed by atoms with Crippen molar-refractivity contribution in [3.8, 4) is 11.5 Å². The van der Waals surface area contributed by atoms with Crippen molar-refractivity contribution in [1.29, 1.82) is 0 Å². The molecule has 12 heteroatoms. The molecule has 2 heterocycles. The summed E-state index contributed by atoms with van der Waals surface area (Å²) in [6, 6.07) is 30.5. The zero-order valence-electron chi connectivity index (χ0n) is 28.4. The average molecular weight is 719 g/mol. The van der Waals surface area contributed by atoms with Gasteiger partial charge in [-0.15, -0.1) is 0 Å². The van der Waals surface area contributed by atoms with Gasteiger partial charge in [-0.05, 0) is 80.7 Å². The number of phenolic OH excluding ortho intramolecular Hbond substituents is 2. The monoisotopic (exact) mass is 718 g/mol. The number of carbonyl (C=O) groups is 1. The highest BCUT2D eigenvalue weighted by atomic mass is 35.5. The minimum absolute atomic E-state index is 0.00687. The van der Waals surface area contributed by atoms with Gasteiger partial charge in [0.25, 0.3) is 16.0 Å². The first kappa shape index (κ1) is 36.7. The molecule has 1 amide bonds. The molecule has 264 valence electrons. The maximum Gasteiger partial charge on any atom is 0.270 e. The van der Waals surface area contributed by atoms with E-state index in [0.717, 1.165) is 46.2 Å².